The molecule has 1 aromatic heterocycles. The van der Waals surface area contributed by atoms with E-state index < -0.39 is 0 Å². The van der Waals surface area contributed by atoms with Gasteiger partial charge in [0.2, 0.25) is 0 Å². The second-order valence-electron chi connectivity index (χ2n) is 3.05. The molecule has 0 fully saturated rings. The van der Waals surface area contributed by atoms with Gasteiger partial charge in [0.15, 0.2) is 0 Å². The van der Waals surface area contributed by atoms with Crippen LogP contribution in [0.25, 0.3) is 0 Å². The van der Waals surface area contributed by atoms with Crippen LogP contribution < -0.4 is 0 Å². The van der Waals surface area contributed by atoms with Crippen LogP contribution in [0.15, 0.2) is 16.8 Å². The molecule has 73 valence electrons. The molecule has 0 bridgehead atoms. The molecule has 1 heterocycles. The Morgan fingerprint density at radius 2 is 2.54 bits per heavy atom. The van der Waals surface area contributed by atoms with Crippen molar-refractivity contribution in [3.05, 3.63) is 24.9 Å². The molecule has 0 aliphatic rings. The Labute approximate surface area is 79.1 Å². The van der Waals surface area contributed by atoms with Crippen LogP contribution in [0.3, 0.4) is 0 Å². The fraction of sp³-hybridized carbons (Fsp3) is 0.600. The van der Waals surface area contributed by atoms with E-state index in [-0.39, 0.29) is 6.10 Å². The van der Waals surface area contributed by atoms with Crippen molar-refractivity contribution in [3.63, 3.8) is 0 Å². The van der Waals surface area contributed by atoms with Crippen molar-refractivity contribution >= 4 is 0 Å². The molecule has 0 spiro atoms. The summed E-state index contributed by atoms with van der Waals surface area (Å²) in [4.78, 5) is 0. The largest absolute Gasteiger partial charge is 0.378 e. The Morgan fingerprint density at radius 3 is 3.15 bits per heavy atom. The monoisotopic (exact) mass is 182 g/mol. The van der Waals surface area contributed by atoms with Crippen LogP contribution in [0, 0.1) is 6.92 Å². The normalized spacial score (nSPS) is 13.1. The van der Waals surface area contributed by atoms with Gasteiger partial charge in [0, 0.05) is 19.1 Å². The molecule has 0 N–H and O–H groups in total. The fourth-order valence-corrected chi connectivity index (χ4v) is 0.985. The molecule has 1 rings (SSSR count). The van der Waals surface area contributed by atoms with Crippen molar-refractivity contribution in [2.75, 3.05) is 6.61 Å². The maximum absolute atomic E-state index is 5.46. The van der Waals surface area contributed by atoms with Crippen molar-refractivity contribution in [2.24, 2.45) is 0 Å². The number of hydrogen-bond acceptors (Lipinski definition) is 3. The van der Waals surface area contributed by atoms with E-state index in [0.29, 0.717) is 0 Å². The second-order valence-corrected chi connectivity index (χ2v) is 3.05. The first-order valence-electron chi connectivity index (χ1n) is 4.63. The van der Waals surface area contributed by atoms with Crippen molar-refractivity contribution < 1.29 is 9.26 Å². The van der Waals surface area contributed by atoms with Crippen LogP contribution in [-0.4, -0.2) is 17.9 Å². The van der Waals surface area contributed by atoms with E-state index >= 15 is 0 Å². The predicted octanol–water partition coefficient (Wildman–Crippen LogP) is 2.24. The summed E-state index contributed by atoms with van der Waals surface area (Å²) in [7, 11) is 0. The van der Waals surface area contributed by atoms with Crippen molar-refractivity contribution in [3.8, 4) is 0 Å². The van der Waals surface area contributed by atoms with Crippen LogP contribution in [0.2, 0.25) is 0 Å². The average molecular weight is 182 g/mol. The number of ether oxygens (including phenoxy) is 1. The molecule has 0 aliphatic heterocycles. The number of aromatic nitrogens is 1. The summed E-state index contributed by atoms with van der Waals surface area (Å²) in [5.41, 5.74) is 0. The molecule has 1 atom stereocenters. The van der Waals surface area contributed by atoms with Crippen LogP contribution in [-0.2, 0) is 11.2 Å². The lowest BCUT2D eigenvalue weighted by atomic mass is 10.2. The predicted molar refractivity (Wildman–Crippen MR) is 50.2 cm³/mol. The first kappa shape index (κ1) is 10.3. The Balaban J connectivity index is 2.02. The van der Waals surface area contributed by atoms with E-state index in [1.54, 1.807) is 6.20 Å². The van der Waals surface area contributed by atoms with E-state index in [1.807, 2.05) is 13.0 Å². The summed E-state index contributed by atoms with van der Waals surface area (Å²) in [5, 5.41) is 3.63. The number of nitrogens with zero attached hydrogens (tertiary/aromatic N) is 1. The summed E-state index contributed by atoms with van der Waals surface area (Å²) in [6, 6.07) is 1.88. The topological polar surface area (TPSA) is 35.3 Å². The van der Waals surface area contributed by atoms with E-state index in [0.717, 1.165) is 31.6 Å². The molecule has 1 unspecified atom stereocenters. The van der Waals surface area contributed by atoms with E-state index in [2.05, 4.69) is 12.1 Å². The lowest BCUT2D eigenvalue weighted by Crippen LogP contribution is -2.07. The van der Waals surface area contributed by atoms with Gasteiger partial charge in [-0.1, -0.05) is 12.1 Å². The van der Waals surface area contributed by atoms with E-state index in [9.17, 15) is 0 Å². The van der Waals surface area contributed by atoms with Crippen LogP contribution in [0.5, 0.6) is 0 Å². The minimum Gasteiger partial charge on any atom is -0.378 e. The van der Waals surface area contributed by atoms with Gasteiger partial charge >= 0.3 is 0 Å². The van der Waals surface area contributed by atoms with Gasteiger partial charge in [-0.05, 0) is 19.8 Å². The number of hydrogen-bond donors (Lipinski definition) is 0. The lowest BCUT2D eigenvalue weighted by molar-refractivity contribution is 0.0653. The molecule has 13 heavy (non-hydrogen) atoms. The molecule has 1 radical (unpaired) electrons. The van der Waals surface area contributed by atoms with Gasteiger partial charge in [0.25, 0.3) is 0 Å². The van der Waals surface area contributed by atoms with Gasteiger partial charge in [0.1, 0.15) is 5.76 Å². The maximum atomic E-state index is 5.46. The van der Waals surface area contributed by atoms with E-state index in [1.165, 1.54) is 0 Å². The fourth-order valence-electron chi connectivity index (χ4n) is 0.985. The first-order chi connectivity index (χ1) is 6.33. The molecule has 0 amide bonds. The third-order valence-corrected chi connectivity index (χ3v) is 1.87. The smallest absolute Gasteiger partial charge is 0.136 e. The lowest BCUT2D eigenvalue weighted by Gasteiger charge is -2.08. The highest BCUT2D eigenvalue weighted by atomic mass is 16.5. The van der Waals surface area contributed by atoms with Crippen molar-refractivity contribution in [1.29, 1.82) is 0 Å². The zero-order valence-electron chi connectivity index (χ0n) is 8.03. The molecule has 3 heteroatoms. The standard InChI is InChI=1S/C10H16NO2/c1-3-9(2)12-8-4-5-10-6-7-11-13-10/h6-7,9H,1,3-5,8H2,2H3. The van der Waals surface area contributed by atoms with Gasteiger partial charge in [-0.15, -0.1) is 0 Å². The molecule has 3 nitrogen and oxygen atoms in total. The molecule has 0 aliphatic carbocycles. The Bertz CT molecular complexity index is 209. The van der Waals surface area contributed by atoms with Gasteiger partial charge in [-0.3, -0.25) is 0 Å². The number of rotatable bonds is 6. The highest BCUT2D eigenvalue weighted by Gasteiger charge is 1.99. The molecular weight excluding hydrogens is 166 g/mol. The second kappa shape index (κ2) is 5.75. The van der Waals surface area contributed by atoms with Gasteiger partial charge in [0.05, 0.1) is 12.3 Å². The third kappa shape index (κ3) is 4.08. The summed E-state index contributed by atoms with van der Waals surface area (Å²) < 4.78 is 10.4. The Morgan fingerprint density at radius 1 is 1.69 bits per heavy atom. The Kier molecular flexibility index (Phi) is 4.54. The molecule has 1 aromatic rings. The van der Waals surface area contributed by atoms with Crippen LogP contribution in [0.4, 0.5) is 0 Å². The van der Waals surface area contributed by atoms with Crippen LogP contribution >= 0.6 is 0 Å². The molecular formula is C10H16NO2. The summed E-state index contributed by atoms with van der Waals surface area (Å²) in [5.74, 6) is 0.922. The highest BCUT2D eigenvalue weighted by molar-refractivity contribution is 4.92. The molecule has 0 saturated carbocycles. The third-order valence-electron chi connectivity index (χ3n) is 1.87. The average Bonchev–Trinajstić information content (AvgIpc) is 2.64. The highest BCUT2D eigenvalue weighted by Crippen LogP contribution is 2.03. The first-order valence-corrected chi connectivity index (χ1v) is 4.63. The SMILES string of the molecule is [CH2]CC(C)OCCCc1ccno1. The van der Waals surface area contributed by atoms with E-state index in [4.69, 9.17) is 9.26 Å². The van der Waals surface area contributed by atoms with Crippen molar-refractivity contribution in [1.82, 2.24) is 5.16 Å². The zero-order chi connectivity index (χ0) is 9.52. The molecule has 0 aromatic carbocycles. The Hall–Kier alpha value is -0.830. The quantitative estimate of drug-likeness (QED) is 0.633. The summed E-state index contributed by atoms with van der Waals surface area (Å²) >= 11 is 0. The molecule has 0 saturated heterocycles. The minimum absolute atomic E-state index is 0.259. The summed E-state index contributed by atoms with van der Waals surface area (Å²) in [6.45, 7) is 6.55. The van der Waals surface area contributed by atoms with Crippen LogP contribution in [0.1, 0.15) is 25.5 Å². The van der Waals surface area contributed by atoms with Gasteiger partial charge < -0.3 is 9.26 Å². The van der Waals surface area contributed by atoms with Gasteiger partial charge in [-0.2, -0.15) is 0 Å². The summed E-state index contributed by atoms with van der Waals surface area (Å²) in [6.07, 6.45) is 4.61. The zero-order valence-corrected chi connectivity index (χ0v) is 8.03. The van der Waals surface area contributed by atoms with Crippen molar-refractivity contribution in [2.45, 2.75) is 32.3 Å². The maximum Gasteiger partial charge on any atom is 0.136 e. The number of aryl methyl sites for hydroxylation is 1. The minimum atomic E-state index is 0.259. The van der Waals surface area contributed by atoms with Gasteiger partial charge in [-0.25, -0.2) is 0 Å².